The van der Waals surface area contributed by atoms with Gasteiger partial charge < -0.3 is 10.1 Å². The van der Waals surface area contributed by atoms with E-state index < -0.39 is 0 Å². The van der Waals surface area contributed by atoms with E-state index in [9.17, 15) is 4.79 Å². The number of nitrogens with one attached hydrogen (secondary N) is 1. The number of rotatable bonds is 5. The van der Waals surface area contributed by atoms with Gasteiger partial charge in [-0.3, -0.25) is 4.79 Å². The van der Waals surface area contributed by atoms with Crippen molar-refractivity contribution in [3.63, 3.8) is 0 Å². The third kappa shape index (κ3) is 6.27. The van der Waals surface area contributed by atoms with Crippen molar-refractivity contribution in [3.8, 4) is 0 Å². The number of likely N-dealkylation sites (N-methyl/N-ethyl adjacent to an activating group) is 1. The molecule has 0 aromatic heterocycles. The van der Waals surface area contributed by atoms with E-state index in [1.807, 2.05) is 6.92 Å². The molecule has 3 nitrogen and oxygen atoms in total. The summed E-state index contributed by atoms with van der Waals surface area (Å²) in [7, 11) is 1.43. The number of esters is 1. The minimum atomic E-state index is -0.186. The maximum Gasteiger partial charge on any atom is 0.323 e. The van der Waals surface area contributed by atoms with Crippen LogP contribution < -0.4 is 5.32 Å². The Bertz CT molecular complexity index is 177. The zero-order valence-electron chi connectivity index (χ0n) is 9.72. The zero-order chi connectivity index (χ0) is 11.2. The first-order valence-electron chi connectivity index (χ1n) is 4.86. The number of carbonyl (C=O) groups excluding carboxylic acids is 1. The number of ether oxygens (including phenoxy) is 1. The molecule has 0 saturated carbocycles. The average Bonchev–Trinajstić information content (AvgIpc) is 2.09. The Balaban J connectivity index is 4.03. The maximum atomic E-state index is 11.3. The van der Waals surface area contributed by atoms with Crippen molar-refractivity contribution in [2.75, 3.05) is 19.4 Å². The fraction of sp³-hybridized carbons (Fsp3) is 0.900. The Morgan fingerprint density at radius 3 is 2.43 bits per heavy atom. The lowest BCUT2D eigenvalue weighted by atomic mass is 10.3. The van der Waals surface area contributed by atoms with Gasteiger partial charge >= 0.3 is 5.97 Å². The van der Waals surface area contributed by atoms with Gasteiger partial charge in [0, 0.05) is 10.5 Å². The van der Waals surface area contributed by atoms with Crippen LogP contribution in [0.3, 0.4) is 0 Å². The van der Waals surface area contributed by atoms with Crippen LogP contribution in [0.25, 0.3) is 0 Å². The monoisotopic (exact) mass is 219 g/mol. The van der Waals surface area contributed by atoms with E-state index in [4.69, 9.17) is 4.74 Å². The molecule has 4 heteroatoms. The van der Waals surface area contributed by atoms with Crippen molar-refractivity contribution in [1.82, 2.24) is 5.32 Å². The van der Waals surface area contributed by atoms with Crippen LogP contribution in [0.1, 0.15) is 27.7 Å². The van der Waals surface area contributed by atoms with Crippen molar-refractivity contribution in [3.05, 3.63) is 0 Å². The number of thioether (sulfide) groups is 1. The summed E-state index contributed by atoms with van der Waals surface area (Å²) in [5.41, 5.74) is 0. The highest BCUT2D eigenvalue weighted by Crippen LogP contribution is 2.23. The van der Waals surface area contributed by atoms with E-state index >= 15 is 0 Å². The second-order valence-electron chi connectivity index (χ2n) is 4.06. The Hall–Kier alpha value is -0.220. The van der Waals surface area contributed by atoms with Crippen molar-refractivity contribution in [2.45, 2.75) is 38.5 Å². The third-order valence-electron chi connectivity index (χ3n) is 1.62. The van der Waals surface area contributed by atoms with Crippen molar-refractivity contribution < 1.29 is 9.53 Å². The molecular formula is C10H21NO2S. The summed E-state index contributed by atoms with van der Waals surface area (Å²) in [4.78, 5) is 11.3. The quantitative estimate of drug-likeness (QED) is 0.714. The first-order valence-corrected chi connectivity index (χ1v) is 5.84. The van der Waals surface area contributed by atoms with Gasteiger partial charge in [-0.1, -0.05) is 27.7 Å². The Kier molecular flexibility index (Phi) is 6.20. The minimum absolute atomic E-state index is 0.177. The van der Waals surface area contributed by atoms with Gasteiger partial charge in [0.15, 0.2) is 0 Å². The lowest BCUT2D eigenvalue weighted by molar-refractivity contribution is -0.142. The second kappa shape index (κ2) is 6.30. The Labute approximate surface area is 91.0 Å². The van der Waals surface area contributed by atoms with E-state index in [0.717, 1.165) is 12.3 Å². The van der Waals surface area contributed by atoms with Gasteiger partial charge in [-0.05, 0) is 6.54 Å². The van der Waals surface area contributed by atoms with Gasteiger partial charge in [0.05, 0.1) is 7.11 Å². The fourth-order valence-corrected chi connectivity index (χ4v) is 1.85. The highest BCUT2D eigenvalue weighted by atomic mass is 32.2. The van der Waals surface area contributed by atoms with E-state index in [0.29, 0.717) is 0 Å². The maximum absolute atomic E-state index is 11.3. The summed E-state index contributed by atoms with van der Waals surface area (Å²) in [6, 6.07) is -0.186. The van der Waals surface area contributed by atoms with Crippen molar-refractivity contribution in [2.24, 2.45) is 0 Å². The van der Waals surface area contributed by atoms with E-state index in [1.54, 1.807) is 11.8 Å². The smallest absolute Gasteiger partial charge is 0.323 e. The molecule has 0 rings (SSSR count). The van der Waals surface area contributed by atoms with Crippen LogP contribution in [-0.2, 0) is 9.53 Å². The number of methoxy groups -OCH3 is 1. The standard InChI is InChI=1S/C10H21NO2S/c1-6-11-8(9(12)13-5)7-14-10(2,3)4/h8,11H,6-7H2,1-5H3. The molecule has 0 aliphatic rings. The molecule has 0 aliphatic heterocycles. The summed E-state index contributed by atoms with van der Waals surface area (Å²) in [5.74, 6) is 0.577. The summed E-state index contributed by atoms with van der Waals surface area (Å²) in [5, 5.41) is 3.11. The molecule has 1 atom stereocenters. The Morgan fingerprint density at radius 1 is 1.50 bits per heavy atom. The van der Waals surface area contributed by atoms with Crippen LogP contribution in [0.15, 0.2) is 0 Å². The topological polar surface area (TPSA) is 38.3 Å². The minimum Gasteiger partial charge on any atom is -0.468 e. The molecule has 14 heavy (non-hydrogen) atoms. The van der Waals surface area contributed by atoms with Gasteiger partial charge in [0.1, 0.15) is 6.04 Å². The van der Waals surface area contributed by atoms with Gasteiger partial charge in [-0.15, -0.1) is 0 Å². The van der Waals surface area contributed by atoms with Crippen LogP contribution in [-0.4, -0.2) is 36.2 Å². The van der Waals surface area contributed by atoms with Crippen molar-refractivity contribution >= 4 is 17.7 Å². The number of hydrogen-bond donors (Lipinski definition) is 1. The van der Waals surface area contributed by atoms with Crippen LogP contribution >= 0.6 is 11.8 Å². The van der Waals surface area contributed by atoms with Crippen molar-refractivity contribution in [1.29, 1.82) is 0 Å². The molecule has 0 bridgehead atoms. The lowest BCUT2D eigenvalue weighted by Gasteiger charge is -2.21. The molecule has 0 radical (unpaired) electrons. The normalized spacial score (nSPS) is 13.8. The Morgan fingerprint density at radius 2 is 2.07 bits per heavy atom. The molecule has 1 unspecified atom stereocenters. The van der Waals surface area contributed by atoms with E-state index in [1.165, 1.54) is 7.11 Å². The summed E-state index contributed by atoms with van der Waals surface area (Å²) in [6.07, 6.45) is 0. The van der Waals surface area contributed by atoms with E-state index in [2.05, 4.69) is 26.1 Å². The van der Waals surface area contributed by atoms with E-state index in [-0.39, 0.29) is 16.8 Å². The van der Waals surface area contributed by atoms with Gasteiger partial charge in [0.2, 0.25) is 0 Å². The molecule has 84 valence electrons. The van der Waals surface area contributed by atoms with Gasteiger partial charge in [-0.2, -0.15) is 11.8 Å². The molecule has 0 amide bonds. The van der Waals surface area contributed by atoms with Crippen LogP contribution in [0, 0.1) is 0 Å². The van der Waals surface area contributed by atoms with Crippen LogP contribution in [0.5, 0.6) is 0 Å². The predicted molar refractivity (Wildman–Crippen MR) is 61.7 cm³/mol. The van der Waals surface area contributed by atoms with Gasteiger partial charge in [0.25, 0.3) is 0 Å². The number of carbonyl (C=O) groups is 1. The zero-order valence-corrected chi connectivity index (χ0v) is 10.5. The average molecular weight is 219 g/mol. The molecule has 0 fully saturated rings. The largest absolute Gasteiger partial charge is 0.468 e. The highest BCUT2D eigenvalue weighted by molar-refractivity contribution is 8.00. The summed E-state index contributed by atoms with van der Waals surface area (Å²) < 4.78 is 4.90. The molecule has 0 aromatic rings. The summed E-state index contributed by atoms with van der Waals surface area (Å²) >= 11 is 1.76. The van der Waals surface area contributed by atoms with Gasteiger partial charge in [-0.25, -0.2) is 0 Å². The number of hydrogen-bond acceptors (Lipinski definition) is 4. The third-order valence-corrected chi connectivity index (χ3v) is 2.99. The SMILES string of the molecule is CCNC(CSC(C)(C)C)C(=O)OC. The summed E-state index contributed by atoms with van der Waals surface area (Å²) in [6.45, 7) is 9.18. The van der Waals surface area contributed by atoms with Crippen LogP contribution in [0.4, 0.5) is 0 Å². The first kappa shape index (κ1) is 13.8. The van der Waals surface area contributed by atoms with Crippen LogP contribution in [0.2, 0.25) is 0 Å². The predicted octanol–water partition coefficient (Wildman–Crippen LogP) is 1.67. The second-order valence-corrected chi connectivity index (χ2v) is 5.90. The highest BCUT2D eigenvalue weighted by Gasteiger charge is 2.21. The molecule has 0 saturated heterocycles. The molecule has 0 spiro atoms. The molecule has 0 aliphatic carbocycles. The molecule has 1 N–H and O–H groups in total. The molecule has 0 heterocycles. The first-order chi connectivity index (χ1) is 6.40. The molecular weight excluding hydrogens is 198 g/mol. The fourth-order valence-electron chi connectivity index (χ4n) is 0.932. The lowest BCUT2D eigenvalue weighted by Crippen LogP contribution is -2.40. The molecule has 0 aromatic carbocycles.